The van der Waals surface area contributed by atoms with Gasteiger partial charge < -0.3 is 5.32 Å². The molecule has 4 nitrogen and oxygen atoms in total. The van der Waals surface area contributed by atoms with E-state index in [1.165, 1.54) is 0 Å². The minimum Gasteiger partial charge on any atom is -0.307 e. The fraction of sp³-hybridized carbons (Fsp3) is 0.167. The summed E-state index contributed by atoms with van der Waals surface area (Å²) in [5, 5.41) is 9.81. The molecule has 1 aromatic heterocycles. The molecule has 0 bridgehead atoms. The van der Waals surface area contributed by atoms with Crippen molar-refractivity contribution >= 4 is 39.3 Å². The second kappa shape index (κ2) is 5.54. The van der Waals surface area contributed by atoms with Crippen LogP contribution in [0, 0.1) is 0 Å². The largest absolute Gasteiger partial charge is 0.307 e. The Hall–Kier alpha value is -1.33. The summed E-state index contributed by atoms with van der Waals surface area (Å²) in [5.74, 6) is 0.346. The molecular formula is C12H11BrClN3O. The number of aromatic nitrogens is 2. The standard InChI is InChI=1S/C12H11BrClN3O/c1-2-7-6-15-17-11(7)16-12(18)8-4-3-5-9(13)10(8)14/h3-6H,2H2,1H3,(H2,15,16,17,18). The lowest BCUT2D eigenvalue weighted by Gasteiger charge is -2.07. The lowest BCUT2D eigenvalue weighted by atomic mass is 10.2. The fourth-order valence-electron chi connectivity index (χ4n) is 1.55. The van der Waals surface area contributed by atoms with Crippen LogP contribution in [0.2, 0.25) is 5.02 Å². The van der Waals surface area contributed by atoms with Crippen molar-refractivity contribution in [2.75, 3.05) is 5.32 Å². The van der Waals surface area contributed by atoms with Gasteiger partial charge in [0.15, 0.2) is 0 Å². The van der Waals surface area contributed by atoms with E-state index in [-0.39, 0.29) is 5.91 Å². The van der Waals surface area contributed by atoms with E-state index < -0.39 is 0 Å². The zero-order chi connectivity index (χ0) is 13.1. The van der Waals surface area contributed by atoms with Crippen molar-refractivity contribution in [1.82, 2.24) is 10.2 Å². The summed E-state index contributed by atoms with van der Waals surface area (Å²) >= 11 is 9.36. The lowest BCUT2D eigenvalue weighted by molar-refractivity contribution is 0.102. The first-order valence-corrected chi connectivity index (χ1v) is 6.58. The summed E-state index contributed by atoms with van der Waals surface area (Å²) in [7, 11) is 0. The average molecular weight is 329 g/mol. The number of nitrogens with one attached hydrogen (secondary N) is 2. The van der Waals surface area contributed by atoms with Gasteiger partial charge in [-0.25, -0.2) is 0 Å². The SMILES string of the molecule is CCc1cn[nH]c1NC(=O)c1cccc(Br)c1Cl. The summed E-state index contributed by atoms with van der Waals surface area (Å²) in [5.41, 5.74) is 1.37. The molecule has 2 N–H and O–H groups in total. The van der Waals surface area contributed by atoms with E-state index in [2.05, 4.69) is 31.4 Å². The van der Waals surface area contributed by atoms with E-state index in [9.17, 15) is 4.79 Å². The first kappa shape index (κ1) is 13.1. The monoisotopic (exact) mass is 327 g/mol. The van der Waals surface area contributed by atoms with Crippen molar-refractivity contribution in [2.45, 2.75) is 13.3 Å². The van der Waals surface area contributed by atoms with Gasteiger partial charge in [0.2, 0.25) is 0 Å². The third-order valence-corrected chi connectivity index (χ3v) is 3.83. The van der Waals surface area contributed by atoms with Crippen molar-refractivity contribution < 1.29 is 4.79 Å². The van der Waals surface area contributed by atoms with Gasteiger partial charge in [-0.1, -0.05) is 24.6 Å². The number of carbonyl (C=O) groups excluding carboxylic acids is 1. The number of anilines is 1. The molecule has 0 saturated heterocycles. The Morgan fingerprint density at radius 1 is 1.56 bits per heavy atom. The topological polar surface area (TPSA) is 57.8 Å². The molecule has 0 fully saturated rings. The van der Waals surface area contributed by atoms with Crippen LogP contribution >= 0.6 is 27.5 Å². The quantitative estimate of drug-likeness (QED) is 0.903. The van der Waals surface area contributed by atoms with Crippen molar-refractivity contribution in [3.8, 4) is 0 Å². The predicted octanol–water partition coefficient (Wildman–Crippen LogP) is 3.64. The van der Waals surface area contributed by atoms with Crippen LogP contribution in [0.5, 0.6) is 0 Å². The number of H-pyrrole nitrogens is 1. The van der Waals surface area contributed by atoms with Crippen LogP contribution in [0.3, 0.4) is 0 Å². The van der Waals surface area contributed by atoms with Crippen LogP contribution in [0.1, 0.15) is 22.8 Å². The summed E-state index contributed by atoms with van der Waals surface area (Å²) in [6, 6.07) is 5.22. The Bertz CT molecular complexity index is 582. The minimum atomic E-state index is -0.264. The molecule has 0 radical (unpaired) electrons. The zero-order valence-electron chi connectivity index (χ0n) is 9.63. The number of aromatic amines is 1. The Kier molecular flexibility index (Phi) is 4.04. The highest BCUT2D eigenvalue weighted by molar-refractivity contribution is 9.10. The zero-order valence-corrected chi connectivity index (χ0v) is 12.0. The molecule has 18 heavy (non-hydrogen) atoms. The van der Waals surface area contributed by atoms with Gasteiger partial charge in [-0.15, -0.1) is 0 Å². The molecule has 0 saturated carbocycles. The van der Waals surface area contributed by atoms with Gasteiger partial charge >= 0.3 is 0 Å². The third-order valence-electron chi connectivity index (χ3n) is 2.53. The molecule has 0 unspecified atom stereocenters. The fourth-order valence-corrected chi connectivity index (χ4v) is 2.13. The summed E-state index contributed by atoms with van der Waals surface area (Å²) in [6.45, 7) is 1.99. The van der Waals surface area contributed by atoms with Gasteiger partial charge in [0.25, 0.3) is 5.91 Å². The smallest absolute Gasteiger partial charge is 0.258 e. The molecule has 0 spiro atoms. The van der Waals surface area contributed by atoms with E-state index >= 15 is 0 Å². The Morgan fingerprint density at radius 3 is 3.06 bits per heavy atom. The van der Waals surface area contributed by atoms with Crippen LogP contribution in [0.15, 0.2) is 28.9 Å². The molecular weight excluding hydrogens is 318 g/mol. The highest BCUT2D eigenvalue weighted by Crippen LogP contribution is 2.26. The maximum absolute atomic E-state index is 12.1. The van der Waals surface area contributed by atoms with Crippen molar-refractivity contribution in [3.63, 3.8) is 0 Å². The van der Waals surface area contributed by atoms with Crippen molar-refractivity contribution in [3.05, 3.63) is 45.0 Å². The molecule has 94 valence electrons. The van der Waals surface area contributed by atoms with Crippen molar-refractivity contribution in [1.29, 1.82) is 0 Å². The Morgan fingerprint density at radius 2 is 2.33 bits per heavy atom. The van der Waals surface area contributed by atoms with Gasteiger partial charge in [0, 0.05) is 10.0 Å². The normalized spacial score (nSPS) is 10.4. The number of halogens is 2. The molecule has 0 aliphatic heterocycles. The van der Waals surface area contributed by atoms with Crippen LogP contribution in [-0.4, -0.2) is 16.1 Å². The average Bonchev–Trinajstić information content (AvgIpc) is 2.79. The number of benzene rings is 1. The molecule has 0 atom stereocenters. The number of hydrogen-bond donors (Lipinski definition) is 2. The highest BCUT2D eigenvalue weighted by Gasteiger charge is 2.14. The second-order valence-corrected chi connectivity index (χ2v) is 4.91. The number of aryl methyl sites for hydroxylation is 1. The summed E-state index contributed by atoms with van der Waals surface area (Å²) in [6.07, 6.45) is 2.48. The molecule has 2 aromatic rings. The summed E-state index contributed by atoms with van der Waals surface area (Å²) < 4.78 is 0.692. The molecule has 1 aromatic carbocycles. The van der Waals surface area contributed by atoms with Gasteiger partial charge in [-0.05, 0) is 34.5 Å². The first-order chi connectivity index (χ1) is 8.63. The maximum Gasteiger partial charge on any atom is 0.258 e. The van der Waals surface area contributed by atoms with E-state index in [0.29, 0.717) is 20.9 Å². The number of hydrogen-bond acceptors (Lipinski definition) is 2. The number of rotatable bonds is 3. The lowest BCUT2D eigenvalue weighted by Crippen LogP contribution is -2.14. The Balaban J connectivity index is 2.25. The number of carbonyl (C=O) groups is 1. The molecule has 1 amide bonds. The van der Waals surface area contributed by atoms with E-state index in [1.54, 1.807) is 24.4 Å². The maximum atomic E-state index is 12.1. The second-order valence-electron chi connectivity index (χ2n) is 3.68. The number of amides is 1. The van der Waals surface area contributed by atoms with Gasteiger partial charge in [0.1, 0.15) is 5.82 Å². The highest BCUT2D eigenvalue weighted by atomic mass is 79.9. The molecule has 2 rings (SSSR count). The number of nitrogens with zero attached hydrogens (tertiary/aromatic N) is 1. The van der Waals surface area contributed by atoms with E-state index in [1.807, 2.05) is 6.92 Å². The first-order valence-electron chi connectivity index (χ1n) is 5.41. The van der Waals surface area contributed by atoms with Gasteiger partial charge in [-0.3, -0.25) is 9.89 Å². The minimum absolute atomic E-state index is 0.264. The molecule has 0 aliphatic carbocycles. The van der Waals surface area contributed by atoms with Gasteiger partial charge in [0.05, 0.1) is 16.8 Å². The molecule has 6 heteroatoms. The van der Waals surface area contributed by atoms with Crippen molar-refractivity contribution in [2.24, 2.45) is 0 Å². The Labute approximate surface area is 118 Å². The van der Waals surface area contributed by atoms with Gasteiger partial charge in [-0.2, -0.15) is 5.10 Å². The third kappa shape index (κ3) is 2.57. The van der Waals surface area contributed by atoms with Crippen LogP contribution in [-0.2, 0) is 6.42 Å². The van der Waals surface area contributed by atoms with Crippen LogP contribution in [0.4, 0.5) is 5.82 Å². The molecule has 1 heterocycles. The summed E-state index contributed by atoms with van der Waals surface area (Å²) in [4.78, 5) is 12.1. The van der Waals surface area contributed by atoms with Crippen LogP contribution < -0.4 is 5.32 Å². The van der Waals surface area contributed by atoms with E-state index in [0.717, 1.165) is 12.0 Å². The predicted molar refractivity (Wildman–Crippen MR) is 75.1 cm³/mol. The van der Waals surface area contributed by atoms with E-state index in [4.69, 9.17) is 11.6 Å². The van der Waals surface area contributed by atoms with Crippen LogP contribution in [0.25, 0.3) is 0 Å². The molecule has 0 aliphatic rings.